The molecule has 0 aliphatic rings. The molecule has 0 unspecified atom stereocenters. The Bertz CT molecular complexity index is 539. The number of halogens is 1. The van der Waals surface area contributed by atoms with Crippen LogP contribution in [0, 0.1) is 0 Å². The number of nitrogens with one attached hydrogen (secondary N) is 1. The molecule has 1 heterocycles. The van der Waals surface area contributed by atoms with Crippen LogP contribution >= 0.6 is 22.9 Å². The summed E-state index contributed by atoms with van der Waals surface area (Å²) in [5, 5.41) is 2.51. The number of rotatable bonds is 6. The molecule has 1 aromatic rings. The molecule has 0 saturated carbocycles. The number of carbonyl (C=O) groups excluding carboxylic acids is 1. The predicted octanol–water partition coefficient (Wildman–Crippen LogP) is 1.32. The van der Waals surface area contributed by atoms with Crippen LogP contribution in [0.3, 0.4) is 0 Å². The van der Waals surface area contributed by atoms with Gasteiger partial charge in [-0.3, -0.25) is 4.79 Å². The van der Waals surface area contributed by atoms with Gasteiger partial charge in [-0.2, -0.15) is 4.31 Å². The van der Waals surface area contributed by atoms with Crippen molar-refractivity contribution in [2.24, 2.45) is 0 Å². The van der Waals surface area contributed by atoms with E-state index in [4.69, 9.17) is 11.6 Å². The molecular formula is C10H13ClN2O3S2. The molecule has 0 fully saturated rings. The molecular weight excluding hydrogens is 296 g/mol. The largest absolute Gasteiger partial charge is 0.351 e. The molecule has 1 aromatic heterocycles. The second kappa shape index (κ2) is 6.33. The van der Waals surface area contributed by atoms with E-state index in [-0.39, 0.29) is 16.7 Å². The SMILES string of the molecule is C=CCNC(=O)CN(C)S(=O)(=O)c1ccc(Cl)s1. The van der Waals surface area contributed by atoms with E-state index >= 15 is 0 Å². The van der Waals surface area contributed by atoms with Gasteiger partial charge in [-0.1, -0.05) is 17.7 Å². The maximum Gasteiger partial charge on any atom is 0.252 e. The second-order valence-electron chi connectivity index (χ2n) is 3.41. The van der Waals surface area contributed by atoms with Gasteiger partial charge in [0, 0.05) is 13.6 Å². The third kappa shape index (κ3) is 3.81. The number of hydrogen-bond donors (Lipinski definition) is 1. The Morgan fingerprint density at radius 2 is 2.28 bits per heavy atom. The highest BCUT2D eigenvalue weighted by Gasteiger charge is 2.24. The first-order chi connectivity index (χ1) is 8.37. The van der Waals surface area contributed by atoms with E-state index < -0.39 is 10.0 Å². The lowest BCUT2D eigenvalue weighted by molar-refractivity contribution is -0.120. The lowest BCUT2D eigenvalue weighted by atomic mass is 10.5. The first kappa shape index (κ1) is 15.2. The smallest absolute Gasteiger partial charge is 0.252 e. The highest BCUT2D eigenvalue weighted by molar-refractivity contribution is 7.91. The highest BCUT2D eigenvalue weighted by Crippen LogP contribution is 2.27. The zero-order valence-electron chi connectivity index (χ0n) is 9.72. The van der Waals surface area contributed by atoms with Gasteiger partial charge < -0.3 is 5.32 Å². The minimum Gasteiger partial charge on any atom is -0.351 e. The van der Waals surface area contributed by atoms with Gasteiger partial charge in [0.25, 0.3) is 10.0 Å². The van der Waals surface area contributed by atoms with Crippen LogP contribution in [-0.4, -0.2) is 38.8 Å². The summed E-state index contributed by atoms with van der Waals surface area (Å²) in [4.78, 5) is 11.4. The van der Waals surface area contributed by atoms with Crippen LogP contribution < -0.4 is 5.32 Å². The number of sulfonamides is 1. The van der Waals surface area contributed by atoms with Crippen LogP contribution in [-0.2, 0) is 14.8 Å². The molecule has 1 N–H and O–H groups in total. The van der Waals surface area contributed by atoms with Crippen LogP contribution in [0.15, 0.2) is 29.0 Å². The predicted molar refractivity (Wildman–Crippen MR) is 72.4 cm³/mol. The lowest BCUT2D eigenvalue weighted by Crippen LogP contribution is -2.38. The van der Waals surface area contributed by atoms with E-state index in [2.05, 4.69) is 11.9 Å². The van der Waals surface area contributed by atoms with Gasteiger partial charge >= 0.3 is 0 Å². The molecule has 0 aliphatic heterocycles. The van der Waals surface area contributed by atoms with Crippen LogP contribution in [0.5, 0.6) is 0 Å². The number of carbonyl (C=O) groups is 1. The number of thiophene rings is 1. The summed E-state index contributed by atoms with van der Waals surface area (Å²) in [7, 11) is -2.31. The van der Waals surface area contributed by atoms with Gasteiger partial charge in [0.05, 0.1) is 10.9 Å². The Hall–Kier alpha value is -0.890. The molecule has 0 spiro atoms. The Kier molecular flexibility index (Phi) is 5.33. The van der Waals surface area contributed by atoms with Crippen molar-refractivity contribution in [3.8, 4) is 0 Å². The zero-order chi connectivity index (χ0) is 13.8. The first-order valence-electron chi connectivity index (χ1n) is 4.97. The van der Waals surface area contributed by atoms with Gasteiger partial charge in [0.1, 0.15) is 4.21 Å². The van der Waals surface area contributed by atoms with Crippen molar-refractivity contribution in [2.45, 2.75) is 4.21 Å². The van der Waals surface area contributed by atoms with Crippen molar-refractivity contribution in [1.29, 1.82) is 0 Å². The molecule has 18 heavy (non-hydrogen) atoms. The molecule has 0 bridgehead atoms. The summed E-state index contributed by atoms with van der Waals surface area (Å²) < 4.78 is 25.5. The van der Waals surface area contributed by atoms with Crippen molar-refractivity contribution in [3.63, 3.8) is 0 Å². The van der Waals surface area contributed by atoms with Gasteiger partial charge in [-0.05, 0) is 12.1 Å². The summed E-state index contributed by atoms with van der Waals surface area (Å²) in [5.41, 5.74) is 0. The number of likely N-dealkylation sites (N-methyl/N-ethyl adjacent to an activating group) is 1. The first-order valence-corrected chi connectivity index (χ1v) is 7.60. The van der Waals surface area contributed by atoms with E-state index in [1.807, 2.05) is 0 Å². The Morgan fingerprint density at radius 1 is 1.61 bits per heavy atom. The quantitative estimate of drug-likeness (QED) is 0.806. The third-order valence-corrected chi connectivity index (χ3v) is 5.52. The molecule has 1 rings (SSSR count). The molecule has 5 nitrogen and oxygen atoms in total. The summed E-state index contributed by atoms with van der Waals surface area (Å²) in [6.07, 6.45) is 1.52. The lowest BCUT2D eigenvalue weighted by Gasteiger charge is -2.15. The van der Waals surface area contributed by atoms with Crippen molar-refractivity contribution in [3.05, 3.63) is 29.1 Å². The van der Waals surface area contributed by atoms with Gasteiger partial charge in [-0.15, -0.1) is 17.9 Å². The molecule has 0 radical (unpaired) electrons. The average Bonchev–Trinajstić information content (AvgIpc) is 2.73. The fraction of sp³-hybridized carbons (Fsp3) is 0.300. The molecule has 0 saturated heterocycles. The number of amides is 1. The molecule has 8 heteroatoms. The van der Waals surface area contributed by atoms with E-state index in [0.717, 1.165) is 15.6 Å². The monoisotopic (exact) mass is 308 g/mol. The summed E-state index contributed by atoms with van der Waals surface area (Å²) in [6, 6.07) is 2.92. The van der Waals surface area contributed by atoms with E-state index in [1.165, 1.54) is 25.3 Å². The normalized spacial score (nSPS) is 11.5. The number of nitrogens with zero attached hydrogens (tertiary/aromatic N) is 1. The van der Waals surface area contributed by atoms with Crippen molar-refractivity contribution in [2.75, 3.05) is 20.1 Å². The fourth-order valence-corrected chi connectivity index (χ4v) is 3.94. The Labute approximate surface area is 115 Å². The second-order valence-corrected chi connectivity index (χ2v) is 7.40. The molecule has 100 valence electrons. The van der Waals surface area contributed by atoms with Crippen LogP contribution in [0.25, 0.3) is 0 Å². The van der Waals surface area contributed by atoms with Crippen LogP contribution in [0.2, 0.25) is 4.34 Å². The minimum atomic E-state index is -3.66. The fourth-order valence-electron chi connectivity index (χ4n) is 1.12. The van der Waals surface area contributed by atoms with E-state index in [0.29, 0.717) is 10.9 Å². The molecule has 1 amide bonds. The summed E-state index contributed by atoms with van der Waals surface area (Å²) in [5.74, 6) is -0.386. The van der Waals surface area contributed by atoms with Gasteiger partial charge in [-0.25, -0.2) is 8.42 Å². The average molecular weight is 309 g/mol. The van der Waals surface area contributed by atoms with Crippen molar-refractivity contribution in [1.82, 2.24) is 9.62 Å². The number of hydrogen-bond acceptors (Lipinski definition) is 4. The Morgan fingerprint density at radius 3 is 2.78 bits per heavy atom. The summed E-state index contributed by atoms with van der Waals surface area (Å²) >= 11 is 6.65. The maximum absolute atomic E-state index is 12.0. The molecule has 0 aliphatic carbocycles. The Balaban J connectivity index is 2.74. The zero-order valence-corrected chi connectivity index (χ0v) is 12.1. The molecule has 0 atom stereocenters. The van der Waals surface area contributed by atoms with E-state index in [1.54, 1.807) is 0 Å². The van der Waals surface area contributed by atoms with E-state index in [9.17, 15) is 13.2 Å². The van der Waals surface area contributed by atoms with Gasteiger partial charge in [0.15, 0.2) is 0 Å². The van der Waals surface area contributed by atoms with Crippen LogP contribution in [0.1, 0.15) is 0 Å². The van der Waals surface area contributed by atoms with Gasteiger partial charge in [0.2, 0.25) is 5.91 Å². The summed E-state index contributed by atoms with van der Waals surface area (Å²) in [6.45, 7) is 3.51. The minimum absolute atomic E-state index is 0.117. The maximum atomic E-state index is 12.0. The van der Waals surface area contributed by atoms with Crippen LogP contribution in [0.4, 0.5) is 0 Å². The van der Waals surface area contributed by atoms with Crippen molar-refractivity contribution >= 4 is 38.9 Å². The van der Waals surface area contributed by atoms with Crippen molar-refractivity contribution < 1.29 is 13.2 Å². The standard InChI is InChI=1S/C10H13ClN2O3S2/c1-3-6-12-9(14)7-13(2)18(15,16)10-5-4-8(11)17-10/h3-5H,1,6-7H2,2H3,(H,12,14). The topological polar surface area (TPSA) is 66.5 Å². The molecule has 0 aromatic carbocycles. The highest BCUT2D eigenvalue weighted by atomic mass is 35.5. The third-order valence-electron chi connectivity index (χ3n) is 2.02.